The lowest BCUT2D eigenvalue weighted by Gasteiger charge is -2.17. The van der Waals surface area contributed by atoms with Crippen LogP contribution >= 0.6 is 0 Å². The fourth-order valence-corrected chi connectivity index (χ4v) is 6.06. The van der Waals surface area contributed by atoms with E-state index in [0.717, 1.165) is 28.4 Å². The zero-order valence-electron chi connectivity index (χ0n) is 21.9. The quantitative estimate of drug-likeness (QED) is 0.169. The van der Waals surface area contributed by atoms with E-state index in [0.29, 0.717) is 0 Å². The van der Waals surface area contributed by atoms with Crippen LogP contribution < -0.4 is 0 Å². The number of benzene rings is 6. The highest BCUT2D eigenvalue weighted by Crippen LogP contribution is 2.44. The van der Waals surface area contributed by atoms with Crippen LogP contribution in [-0.4, -0.2) is 0 Å². The molecule has 1 heterocycles. The Hall–Kier alpha value is -4.88. The molecule has 0 bridgehead atoms. The highest BCUT2D eigenvalue weighted by molar-refractivity contribution is 6.22. The summed E-state index contributed by atoms with van der Waals surface area (Å²) in [5, 5.41) is 7.31. The minimum atomic E-state index is 0.809. The van der Waals surface area contributed by atoms with Crippen LogP contribution in [0.4, 0.5) is 0 Å². The van der Waals surface area contributed by atoms with E-state index in [1.165, 1.54) is 54.9 Å². The molecule has 0 radical (unpaired) electrons. The number of fused-ring (bicyclic) bond motifs is 5. The maximum atomic E-state index is 6.36. The van der Waals surface area contributed by atoms with E-state index in [-0.39, 0.29) is 0 Å². The van der Waals surface area contributed by atoms with Crippen molar-refractivity contribution < 1.29 is 4.42 Å². The molecule has 186 valence electrons. The lowest BCUT2D eigenvalue weighted by molar-refractivity contribution is 0.668. The van der Waals surface area contributed by atoms with Gasteiger partial charge in [-0.2, -0.15) is 0 Å². The summed E-state index contributed by atoms with van der Waals surface area (Å²) in [5.74, 6) is 0. The molecule has 7 rings (SSSR count). The van der Waals surface area contributed by atoms with Crippen molar-refractivity contribution in [2.45, 2.75) is 13.3 Å². The van der Waals surface area contributed by atoms with Crippen molar-refractivity contribution in [2.24, 2.45) is 0 Å². The lowest BCUT2D eigenvalue weighted by Crippen LogP contribution is -1.90. The molecule has 0 aliphatic carbocycles. The summed E-state index contributed by atoms with van der Waals surface area (Å²) in [6.45, 7) is 6.00. The van der Waals surface area contributed by atoms with Crippen LogP contribution in [0.15, 0.2) is 132 Å². The minimum absolute atomic E-state index is 0.809. The second-order valence-corrected chi connectivity index (χ2v) is 10.1. The molecule has 0 amide bonds. The van der Waals surface area contributed by atoms with Gasteiger partial charge in [0.05, 0.1) is 0 Å². The highest BCUT2D eigenvalue weighted by Gasteiger charge is 2.18. The summed E-state index contributed by atoms with van der Waals surface area (Å²) >= 11 is 0. The molecule has 7 aromatic rings. The predicted octanol–water partition coefficient (Wildman–Crippen LogP) is 11.0. The third kappa shape index (κ3) is 3.78. The van der Waals surface area contributed by atoms with Crippen LogP contribution in [0.3, 0.4) is 0 Å². The van der Waals surface area contributed by atoms with Gasteiger partial charge in [-0.15, -0.1) is 6.58 Å². The second-order valence-electron chi connectivity index (χ2n) is 10.1. The van der Waals surface area contributed by atoms with Crippen LogP contribution in [0.2, 0.25) is 0 Å². The van der Waals surface area contributed by atoms with Crippen LogP contribution in [-0.2, 0) is 6.42 Å². The number of rotatable bonds is 5. The Labute approximate surface area is 228 Å². The SMILES string of the molecule is C=CCc1cc2oc3ccc(-c4c5ccccc5c(-c5ccccc5)c5ccccc45)cc3c2cc1/C=C\C. The van der Waals surface area contributed by atoms with Crippen LogP contribution in [0, 0.1) is 0 Å². The van der Waals surface area contributed by atoms with E-state index in [1.807, 2.05) is 6.08 Å². The lowest BCUT2D eigenvalue weighted by atomic mass is 9.86. The third-order valence-corrected chi connectivity index (χ3v) is 7.72. The van der Waals surface area contributed by atoms with Crippen molar-refractivity contribution in [2.75, 3.05) is 0 Å². The molecule has 39 heavy (non-hydrogen) atoms. The topological polar surface area (TPSA) is 13.1 Å². The van der Waals surface area contributed by atoms with Gasteiger partial charge in [0, 0.05) is 10.8 Å². The van der Waals surface area contributed by atoms with Crippen molar-refractivity contribution in [3.8, 4) is 22.3 Å². The van der Waals surface area contributed by atoms with Gasteiger partial charge in [-0.3, -0.25) is 0 Å². The number of allylic oxidation sites excluding steroid dienone is 2. The molecule has 0 aliphatic heterocycles. The first-order chi connectivity index (χ1) is 19.3. The van der Waals surface area contributed by atoms with Gasteiger partial charge in [0.1, 0.15) is 11.2 Å². The Morgan fingerprint density at radius 1 is 0.590 bits per heavy atom. The van der Waals surface area contributed by atoms with Crippen LogP contribution in [0.25, 0.3) is 71.8 Å². The molecule has 0 saturated carbocycles. The van der Waals surface area contributed by atoms with Crippen molar-refractivity contribution in [1.82, 2.24) is 0 Å². The van der Waals surface area contributed by atoms with Crippen molar-refractivity contribution >= 4 is 49.6 Å². The largest absolute Gasteiger partial charge is 0.456 e. The van der Waals surface area contributed by atoms with Crippen molar-refractivity contribution in [3.05, 3.63) is 139 Å². The Kier molecular flexibility index (Phi) is 5.64. The smallest absolute Gasteiger partial charge is 0.135 e. The van der Waals surface area contributed by atoms with E-state index in [2.05, 4.69) is 135 Å². The second kappa shape index (κ2) is 9.45. The maximum absolute atomic E-state index is 6.36. The van der Waals surface area contributed by atoms with Gasteiger partial charge in [-0.1, -0.05) is 103 Å². The molecule has 1 heteroatoms. The Morgan fingerprint density at radius 3 is 1.79 bits per heavy atom. The molecule has 1 aromatic heterocycles. The summed E-state index contributed by atoms with van der Waals surface area (Å²) in [6, 6.07) is 39.4. The van der Waals surface area contributed by atoms with Gasteiger partial charge in [-0.25, -0.2) is 0 Å². The Bertz CT molecular complexity index is 2000. The maximum Gasteiger partial charge on any atom is 0.135 e. The fourth-order valence-electron chi connectivity index (χ4n) is 6.06. The van der Waals surface area contributed by atoms with E-state index in [9.17, 15) is 0 Å². The number of hydrogen-bond donors (Lipinski definition) is 0. The van der Waals surface area contributed by atoms with Gasteiger partial charge in [0.25, 0.3) is 0 Å². The van der Waals surface area contributed by atoms with Gasteiger partial charge >= 0.3 is 0 Å². The number of furan rings is 1. The van der Waals surface area contributed by atoms with Gasteiger partial charge in [0.2, 0.25) is 0 Å². The first kappa shape index (κ1) is 23.3. The molecule has 0 N–H and O–H groups in total. The van der Waals surface area contributed by atoms with E-state index in [1.54, 1.807) is 0 Å². The standard InChI is InChI=1S/C38H28O/c1-3-12-26-22-34-33-23-28(20-21-35(33)39-36(34)24-27(26)13-4-2)38-31-18-10-8-16-29(31)37(25-14-6-5-7-15-25)30-17-9-11-19-32(30)38/h3-12,14-24H,2,13H2,1H3/b12-3-. The highest BCUT2D eigenvalue weighted by atomic mass is 16.3. The van der Waals surface area contributed by atoms with E-state index >= 15 is 0 Å². The molecule has 0 spiro atoms. The zero-order chi connectivity index (χ0) is 26.3. The minimum Gasteiger partial charge on any atom is -0.456 e. The Morgan fingerprint density at radius 2 is 1.18 bits per heavy atom. The van der Waals surface area contributed by atoms with Crippen LogP contribution in [0.5, 0.6) is 0 Å². The summed E-state index contributed by atoms with van der Waals surface area (Å²) in [4.78, 5) is 0. The first-order valence-corrected chi connectivity index (χ1v) is 13.5. The average Bonchev–Trinajstić information content (AvgIpc) is 3.33. The summed E-state index contributed by atoms with van der Waals surface area (Å²) in [6.07, 6.45) is 7.02. The summed E-state index contributed by atoms with van der Waals surface area (Å²) < 4.78 is 6.36. The third-order valence-electron chi connectivity index (χ3n) is 7.72. The molecule has 6 aromatic carbocycles. The normalized spacial score (nSPS) is 11.8. The van der Waals surface area contributed by atoms with Gasteiger partial charge in [0.15, 0.2) is 0 Å². The monoisotopic (exact) mass is 500 g/mol. The first-order valence-electron chi connectivity index (χ1n) is 13.5. The van der Waals surface area contributed by atoms with Gasteiger partial charge in [-0.05, 0) is 92.5 Å². The fraction of sp³-hybridized carbons (Fsp3) is 0.0526. The van der Waals surface area contributed by atoms with E-state index < -0.39 is 0 Å². The molecule has 0 saturated heterocycles. The van der Waals surface area contributed by atoms with E-state index in [4.69, 9.17) is 4.42 Å². The summed E-state index contributed by atoms with van der Waals surface area (Å²) in [5.41, 5.74) is 9.23. The van der Waals surface area contributed by atoms with Crippen LogP contribution in [0.1, 0.15) is 18.1 Å². The molecular weight excluding hydrogens is 472 g/mol. The van der Waals surface area contributed by atoms with Crippen molar-refractivity contribution in [3.63, 3.8) is 0 Å². The predicted molar refractivity (Wildman–Crippen MR) is 168 cm³/mol. The molecule has 0 atom stereocenters. The number of hydrogen-bond acceptors (Lipinski definition) is 1. The molecule has 0 unspecified atom stereocenters. The average molecular weight is 501 g/mol. The van der Waals surface area contributed by atoms with Crippen molar-refractivity contribution in [1.29, 1.82) is 0 Å². The van der Waals surface area contributed by atoms with Gasteiger partial charge < -0.3 is 4.42 Å². The molecule has 0 aliphatic rings. The molecular formula is C38H28O. The molecule has 1 nitrogen and oxygen atoms in total. The summed E-state index contributed by atoms with van der Waals surface area (Å²) in [7, 11) is 0. The zero-order valence-corrected chi connectivity index (χ0v) is 21.9. The Balaban J connectivity index is 1.55. The molecule has 0 fully saturated rings.